The molecule has 1 aliphatic rings. The minimum absolute atomic E-state index is 0.779. The highest BCUT2D eigenvalue weighted by molar-refractivity contribution is 7.98. The molecule has 0 bridgehead atoms. The Labute approximate surface area is 131 Å². The first-order valence-corrected chi connectivity index (χ1v) is 8.84. The van der Waals surface area contributed by atoms with Gasteiger partial charge in [-0.1, -0.05) is 12.1 Å². The maximum atomic E-state index is 4.38. The predicted octanol–water partition coefficient (Wildman–Crippen LogP) is 3.58. The Morgan fingerprint density at radius 3 is 2.57 bits per heavy atom. The predicted molar refractivity (Wildman–Crippen MR) is 88.6 cm³/mol. The maximum absolute atomic E-state index is 4.38. The van der Waals surface area contributed by atoms with Crippen molar-refractivity contribution in [3.05, 3.63) is 47.8 Å². The van der Waals surface area contributed by atoms with Crippen molar-refractivity contribution in [1.82, 2.24) is 14.7 Å². The summed E-state index contributed by atoms with van der Waals surface area (Å²) in [6.07, 6.45) is 6.71. The van der Waals surface area contributed by atoms with Gasteiger partial charge >= 0.3 is 0 Å². The summed E-state index contributed by atoms with van der Waals surface area (Å²) >= 11 is 1.80. The standard InChI is InChI=1S/C17H23N3S/c1-14-9-10-18-20(14)12-11-19(16-5-6-16)13-15-3-7-17(21-2)8-4-15/h3-4,7-10,16H,5-6,11-13H2,1-2H3. The van der Waals surface area contributed by atoms with E-state index < -0.39 is 0 Å². The van der Waals surface area contributed by atoms with Crippen molar-refractivity contribution in [2.24, 2.45) is 0 Å². The molecular formula is C17H23N3S. The topological polar surface area (TPSA) is 21.1 Å². The van der Waals surface area contributed by atoms with Crippen LogP contribution >= 0.6 is 11.8 Å². The lowest BCUT2D eigenvalue weighted by Crippen LogP contribution is -2.29. The highest BCUT2D eigenvalue weighted by Crippen LogP contribution is 2.28. The third-order valence-electron chi connectivity index (χ3n) is 4.14. The summed E-state index contributed by atoms with van der Waals surface area (Å²) in [7, 11) is 0. The van der Waals surface area contributed by atoms with E-state index in [0.717, 1.165) is 25.7 Å². The number of aromatic nitrogens is 2. The van der Waals surface area contributed by atoms with Gasteiger partial charge in [-0.05, 0) is 49.8 Å². The molecule has 0 saturated heterocycles. The third kappa shape index (κ3) is 3.89. The first-order valence-electron chi connectivity index (χ1n) is 7.61. The zero-order chi connectivity index (χ0) is 14.7. The Morgan fingerprint density at radius 1 is 1.24 bits per heavy atom. The molecule has 0 atom stereocenters. The number of rotatable bonds is 7. The van der Waals surface area contributed by atoms with E-state index in [-0.39, 0.29) is 0 Å². The second-order valence-corrected chi connectivity index (χ2v) is 6.63. The van der Waals surface area contributed by atoms with Gasteiger partial charge in [0, 0.05) is 35.9 Å². The zero-order valence-electron chi connectivity index (χ0n) is 12.8. The lowest BCUT2D eigenvalue weighted by molar-refractivity contribution is 0.239. The molecule has 1 fully saturated rings. The summed E-state index contributed by atoms with van der Waals surface area (Å²) in [6.45, 7) is 5.24. The second kappa shape index (κ2) is 6.67. The molecule has 1 aromatic carbocycles. The van der Waals surface area contributed by atoms with Gasteiger partial charge in [-0.15, -0.1) is 11.8 Å². The zero-order valence-corrected chi connectivity index (χ0v) is 13.6. The van der Waals surface area contributed by atoms with E-state index in [9.17, 15) is 0 Å². The lowest BCUT2D eigenvalue weighted by atomic mass is 10.2. The molecule has 3 nitrogen and oxygen atoms in total. The van der Waals surface area contributed by atoms with Crippen molar-refractivity contribution in [3.63, 3.8) is 0 Å². The van der Waals surface area contributed by atoms with Crippen LogP contribution in [0.15, 0.2) is 41.4 Å². The molecule has 112 valence electrons. The van der Waals surface area contributed by atoms with Gasteiger partial charge in [0.05, 0.1) is 6.54 Å². The minimum atomic E-state index is 0.779. The molecule has 0 amide bonds. The monoisotopic (exact) mass is 301 g/mol. The molecule has 0 N–H and O–H groups in total. The molecule has 0 aliphatic heterocycles. The van der Waals surface area contributed by atoms with Crippen molar-refractivity contribution in [1.29, 1.82) is 0 Å². The molecular weight excluding hydrogens is 278 g/mol. The van der Waals surface area contributed by atoms with E-state index in [2.05, 4.69) is 58.2 Å². The van der Waals surface area contributed by atoms with Gasteiger partial charge in [-0.3, -0.25) is 9.58 Å². The smallest absolute Gasteiger partial charge is 0.0539 e. The summed E-state index contributed by atoms with van der Waals surface area (Å²) < 4.78 is 2.10. The van der Waals surface area contributed by atoms with Crippen LogP contribution in [0.3, 0.4) is 0 Å². The molecule has 21 heavy (non-hydrogen) atoms. The highest BCUT2D eigenvalue weighted by Gasteiger charge is 2.28. The van der Waals surface area contributed by atoms with Crippen LogP contribution < -0.4 is 0 Å². The fourth-order valence-electron chi connectivity index (χ4n) is 2.65. The molecule has 1 saturated carbocycles. The molecule has 0 radical (unpaired) electrons. The lowest BCUT2D eigenvalue weighted by Gasteiger charge is -2.22. The average Bonchev–Trinajstić information content (AvgIpc) is 3.27. The van der Waals surface area contributed by atoms with Crippen LogP contribution in [0.1, 0.15) is 24.1 Å². The summed E-state index contributed by atoms with van der Waals surface area (Å²) in [5, 5.41) is 4.38. The minimum Gasteiger partial charge on any atom is -0.294 e. The fraction of sp³-hybridized carbons (Fsp3) is 0.471. The van der Waals surface area contributed by atoms with Crippen molar-refractivity contribution >= 4 is 11.8 Å². The van der Waals surface area contributed by atoms with Crippen molar-refractivity contribution in [2.45, 2.75) is 43.8 Å². The second-order valence-electron chi connectivity index (χ2n) is 5.75. The van der Waals surface area contributed by atoms with Gasteiger partial charge < -0.3 is 0 Å². The van der Waals surface area contributed by atoms with Gasteiger partial charge in [0.15, 0.2) is 0 Å². The van der Waals surface area contributed by atoms with Gasteiger partial charge in [0.2, 0.25) is 0 Å². The van der Waals surface area contributed by atoms with Gasteiger partial charge in [0.25, 0.3) is 0 Å². The van der Waals surface area contributed by atoms with E-state index in [1.165, 1.54) is 29.0 Å². The van der Waals surface area contributed by atoms with Gasteiger partial charge in [-0.25, -0.2) is 0 Å². The van der Waals surface area contributed by atoms with Crippen molar-refractivity contribution in [2.75, 3.05) is 12.8 Å². The van der Waals surface area contributed by atoms with E-state index >= 15 is 0 Å². The van der Waals surface area contributed by atoms with Crippen LogP contribution in [0.2, 0.25) is 0 Å². The normalized spacial score (nSPS) is 14.8. The Bertz CT molecular complexity index is 572. The number of hydrogen-bond donors (Lipinski definition) is 0. The summed E-state index contributed by atoms with van der Waals surface area (Å²) in [5.41, 5.74) is 2.66. The van der Waals surface area contributed by atoms with Gasteiger partial charge in [0.1, 0.15) is 0 Å². The Kier molecular flexibility index (Phi) is 4.66. The average molecular weight is 301 g/mol. The Hall–Kier alpha value is -1.26. The van der Waals surface area contributed by atoms with Gasteiger partial charge in [-0.2, -0.15) is 5.10 Å². The number of aryl methyl sites for hydroxylation is 1. The molecule has 0 unspecified atom stereocenters. The summed E-state index contributed by atoms with van der Waals surface area (Å²) in [5.74, 6) is 0. The van der Waals surface area contributed by atoms with Crippen LogP contribution in [0.5, 0.6) is 0 Å². The largest absolute Gasteiger partial charge is 0.294 e. The fourth-order valence-corrected chi connectivity index (χ4v) is 3.06. The molecule has 2 aromatic rings. The van der Waals surface area contributed by atoms with Crippen LogP contribution in [0, 0.1) is 6.92 Å². The highest BCUT2D eigenvalue weighted by atomic mass is 32.2. The number of nitrogens with zero attached hydrogens (tertiary/aromatic N) is 3. The van der Waals surface area contributed by atoms with Crippen LogP contribution in [-0.4, -0.2) is 33.5 Å². The number of hydrogen-bond acceptors (Lipinski definition) is 3. The Balaban J connectivity index is 1.60. The molecule has 1 heterocycles. The first-order chi connectivity index (χ1) is 10.3. The Morgan fingerprint density at radius 2 is 2.00 bits per heavy atom. The maximum Gasteiger partial charge on any atom is 0.0539 e. The van der Waals surface area contributed by atoms with E-state index in [4.69, 9.17) is 0 Å². The van der Waals surface area contributed by atoms with Crippen LogP contribution in [-0.2, 0) is 13.1 Å². The quantitative estimate of drug-likeness (QED) is 0.729. The van der Waals surface area contributed by atoms with Crippen LogP contribution in [0.25, 0.3) is 0 Å². The molecule has 3 rings (SSSR count). The molecule has 1 aromatic heterocycles. The molecule has 0 spiro atoms. The number of benzene rings is 1. The first kappa shape index (κ1) is 14.7. The summed E-state index contributed by atoms with van der Waals surface area (Å²) in [6, 6.07) is 11.8. The molecule has 1 aliphatic carbocycles. The van der Waals surface area contributed by atoms with E-state index in [1.807, 2.05) is 6.20 Å². The molecule has 4 heteroatoms. The van der Waals surface area contributed by atoms with E-state index in [1.54, 1.807) is 11.8 Å². The third-order valence-corrected chi connectivity index (χ3v) is 4.88. The number of thioether (sulfide) groups is 1. The SMILES string of the molecule is CSc1ccc(CN(CCn2nccc2C)C2CC2)cc1. The van der Waals surface area contributed by atoms with Crippen molar-refractivity contribution in [3.8, 4) is 0 Å². The van der Waals surface area contributed by atoms with E-state index in [0.29, 0.717) is 0 Å². The van der Waals surface area contributed by atoms with Crippen molar-refractivity contribution < 1.29 is 0 Å². The van der Waals surface area contributed by atoms with Crippen LogP contribution in [0.4, 0.5) is 0 Å². The summed E-state index contributed by atoms with van der Waals surface area (Å²) in [4.78, 5) is 3.94.